The zero-order chi connectivity index (χ0) is 11.3. The lowest BCUT2D eigenvalue weighted by molar-refractivity contribution is -0.152. The first-order valence-electron chi connectivity index (χ1n) is 4.54. The normalized spacial score (nSPS) is 9.73. The monoisotopic (exact) mass is 227 g/mol. The van der Waals surface area contributed by atoms with Crippen LogP contribution in [0.3, 0.4) is 0 Å². The molecular formula is C10H13NO3S. The van der Waals surface area contributed by atoms with Crippen molar-refractivity contribution >= 4 is 23.2 Å². The van der Waals surface area contributed by atoms with E-state index >= 15 is 0 Å². The van der Waals surface area contributed by atoms with Crippen molar-refractivity contribution in [2.24, 2.45) is 0 Å². The zero-order valence-electron chi connectivity index (χ0n) is 8.70. The average Bonchev–Trinajstić information content (AvgIpc) is 2.63. The van der Waals surface area contributed by atoms with Gasteiger partial charge in [-0.2, -0.15) is 0 Å². The van der Waals surface area contributed by atoms with Gasteiger partial charge < -0.3 is 10.1 Å². The molecule has 0 saturated heterocycles. The average molecular weight is 227 g/mol. The fraction of sp³-hybridized carbons (Fsp3) is 0.400. The van der Waals surface area contributed by atoms with E-state index in [0.717, 1.165) is 6.42 Å². The van der Waals surface area contributed by atoms with E-state index in [-0.39, 0.29) is 0 Å². The summed E-state index contributed by atoms with van der Waals surface area (Å²) in [7, 11) is 1.19. The molecule has 1 rings (SSSR count). The molecule has 0 aliphatic heterocycles. The minimum absolute atomic E-state index is 0.454. The van der Waals surface area contributed by atoms with Crippen LogP contribution in [-0.4, -0.2) is 25.5 Å². The van der Waals surface area contributed by atoms with Crippen LogP contribution < -0.4 is 5.32 Å². The molecule has 0 bridgehead atoms. The molecule has 1 N–H and O–H groups in total. The van der Waals surface area contributed by atoms with Crippen LogP contribution in [0.4, 0.5) is 0 Å². The summed E-state index contributed by atoms with van der Waals surface area (Å²) in [5.74, 6) is -1.54. The summed E-state index contributed by atoms with van der Waals surface area (Å²) >= 11 is 1.65. The quantitative estimate of drug-likeness (QED) is 0.616. The molecular weight excluding hydrogens is 214 g/mol. The lowest BCUT2D eigenvalue weighted by atomic mass is 10.2. The highest BCUT2D eigenvalue weighted by molar-refractivity contribution is 7.10. The molecule has 0 aliphatic rings. The van der Waals surface area contributed by atoms with Gasteiger partial charge >= 0.3 is 11.9 Å². The van der Waals surface area contributed by atoms with Gasteiger partial charge in [-0.3, -0.25) is 4.79 Å². The highest BCUT2D eigenvalue weighted by atomic mass is 32.1. The zero-order valence-corrected chi connectivity index (χ0v) is 9.52. The van der Waals surface area contributed by atoms with Gasteiger partial charge in [0, 0.05) is 11.4 Å². The number of hydrogen-bond acceptors (Lipinski definition) is 4. The number of carbonyl (C=O) groups excluding carboxylic acids is 2. The van der Waals surface area contributed by atoms with E-state index in [9.17, 15) is 9.59 Å². The number of amides is 1. The Morgan fingerprint density at radius 3 is 2.80 bits per heavy atom. The van der Waals surface area contributed by atoms with Crippen LogP contribution in [-0.2, 0) is 20.7 Å². The lowest BCUT2D eigenvalue weighted by Crippen LogP contribution is -2.33. The second kappa shape index (κ2) is 5.50. The summed E-state index contributed by atoms with van der Waals surface area (Å²) in [6.07, 6.45) is 0.742. The molecule has 82 valence electrons. The molecule has 0 fully saturated rings. The molecule has 5 heteroatoms. The van der Waals surface area contributed by atoms with Crippen LogP contribution in [0.1, 0.15) is 10.4 Å². The summed E-state index contributed by atoms with van der Waals surface area (Å²) < 4.78 is 4.28. The molecule has 4 nitrogen and oxygen atoms in total. The van der Waals surface area contributed by atoms with Gasteiger partial charge in [0.1, 0.15) is 0 Å². The third-order valence-corrected chi connectivity index (χ3v) is 3.06. The molecule has 1 aromatic heterocycles. The van der Waals surface area contributed by atoms with Crippen molar-refractivity contribution in [1.29, 1.82) is 0 Å². The van der Waals surface area contributed by atoms with Crippen molar-refractivity contribution in [1.82, 2.24) is 5.32 Å². The molecule has 0 aromatic carbocycles. The van der Waals surface area contributed by atoms with Crippen molar-refractivity contribution in [3.05, 3.63) is 21.9 Å². The van der Waals surface area contributed by atoms with Crippen LogP contribution in [0.15, 0.2) is 11.4 Å². The predicted octanol–water partition coefficient (Wildman–Crippen LogP) is 0.888. The van der Waals surface area contributed by atoms with E-state index in [0.29, 0.717) is 6.54 Å². The Morgan fingerprint density at radius 2 is 2.27 bits per heavy atom. The van der Waals surface area contributed by atoms with E-state index in [4.69, 9.17) is 0 Å². The first kappa shape index (κ1) is 11.7. The highest BCUT2D eigenvalue weighted by Crippen LogP contribution is 2.15. The Hall–Kier alpha value is -1.36. The Balaban J connectivity index is 2.31. The summed E-state index contributed by atoms with van der Waals surface area (Å²) in [4.78, 5) is 23.0. The number of carbonyl (C=O) groups is 2. The topological polar surface area (TPSA) is 55.4 Å². The maximum absolute atomic E-state index is 11.0. The van der Waals surface area contributed by atoms with Gasteiger partial charge in [0.25, 0.3) is 0 Å². The molecule has 1 amide bonds. The Labute approximate surface area is 92.2 Å². The number of hydrogen-bond donors (Lipinski definition) is 1. The number of thiophene rings is 1. The summed E-state index contributed by atoms with van der Waals surface area (Å²) in [5.41, 5.74) is 1.22. The van der Waals surface area contributed by atoms with Crippen molar-refractivity contribution < 1.29 is 14.3 Å². The van der Waals surface area contributed by atoms with Crippen LogP contribution >= 0.6 is 11.3 Å². The molecule has 0 saturated carbocycles. The Morgan fingerprint density at radius 1 is 1.53 bits per heavy atom. The van der Waals surface area contributed by atoms with Gasteiger partial charge in [0.05, 0.1) is 7.11 Å². The minimum Gasteiger partial charge on any atom is -0.462 e. The largest absolute Gasteiger partial charge is 0.462 e. The van der Waals surface area contributed by atoms with E-state index < -0.39 is 11.9 Å². The van der Waals surface area contributed by atoms with Crippen molar-refractivity contribution in [2.45, 2.75) is 13.3 Å². The van der Waals surface area contributed by atoms with Gasteiger partial charge in [-0.25, -0.2) is 4.79 Å². The third-order valence-electron chi connectivity index (χ3n) is 1.98. The second-order valence-electron chi connectivity index (χ2n) is 3.02. The molecule has 0 aliphatic carbocycles. The molecule has 0 spiro atoms. The number of ether oxygens (including phenoxy) is 1. The minimum atomic E-state index is -0.849. The predicted molar refractivity (Wildman–Crippen MR) is 57.8 cm³/mol. The number of nitrogens with one attached hydrogen (secondary N) is 1. The van der Waals surface area contributed by atoms with E-state index in [1.807, 2.05) is 18.4 Å². The third kappa shape index (κ3) is 3.36. The van der Waals surface area contributed by atoms with Gasteiger partial charge in [-0.05, 0) is 30.4 Å². The second-order valence-corrected chi connectivity index (χ2v) is 4.02. The van der Waals surface area contributed by atoms with Gasteiger partial charge in [-0.15, -0.1) is 11.3 Å². The maximum atomic E-state index is 11.0. The van der Waals surface area contributed by atoms with Crippen molar-refractivity contribution in [3.8, 4) is 0 Å². The van der Waals surface area contributed by atoms with E-state index in [1.54, 1.807) is 11.3 Å². The van der Waals surface area contributed by atoms with Gasteiger partial charge in [-0.1, -0.05) is 0 Å². The Bertz CT molecular complexity index is 359. The number of aryl methyl sites for hydroxylation is 1. The molecule has 1 heterocycles. The van der Waals surface area contributed by atoms with Crippen LogP contribution in [0.5, 0.6) is 0 Å². The van der Waals surface area contributed by atoms with Crippen molar-refractivity contribution in [3.63, 3.8) is 0 Å². The number of rotatable bonds is 3. The summed E-state index contributed by atoms with van der Waals surface area (Å²) in [5, 5.41) is 4.50. The fourth-order valence-electron chi connectivity index (χ4n) is 1.11. The molecule has 1 aromatic rings. The first-order valence-corrected chi connectivity index (χ1v) is 5.42. The van der Waals surface area contributed by atoms with Crippen molar-refractivity contribution in [2.75, 3.05) is 13.7 Å². The van der Waals surface area contributed by atoms with Crippen LogP contribution in [0, 0.1) is 6.92 Å². The lowest BCUT2D eigenvalue weighted by Gasteiger charge is -2.02. The molecule has 0 atom stereocenters. The molecule has 0 unspecified atom stereocenters. The fourth-order valence-corrected chi connectivity index (χ4v) is 2.02. The highest BCUT2D eigenvalue weighted by Gasteiger charge is 2.12. The SMILES string of the molecule is COC(=O)C(=O)NCCc1sccc1C. The van der Waals surface area contributed by atoms with Gasteiger partial charge in [0.15, 0.2) is 0 Å². The molecule has 0 radical (unpaired) electrons. The first-order chi connectivity index (χ1) is 7.15. The summed E-state index contributed by atoms with van der Waals surface area (Å²) in [6.45, 7) is 2.48. The maximum Gasteiger partial charge on any atom is 0.396 e. The smallest absolute Gasteiger partial charge is 0.396 e. The Kier molecular flexibility index (Phi) is 4.30. The molecule has 15 heavy (non-hydrogen) atoms. The standard InChI is InChI=1S/C10H13NO3S/c1-7-4-6-15-8(7)3-5-11-9(12)10(13)14-2/h4,6H,3,5H2,1-2H3,(H,11,12). The number of methoxy groups -OCH3 is 1. The van der Waals surface area contributed by atoms with Gasteiger partial charge in [0.2, 0.25) is 0 Å². The van der Waals surface area contributed by atoms with E-state index in [2.05, 4.69) is 10.1 Å². The van der Waals surface area contributed by atoms with Crippen LogP contribution in [0.2, 0.25) is 0 Å². The summed E-state index contributed by atoms with van der Waals surface area (Å²) in [6, 6.07) is 2.03. The number of esters is 1. The van der Waals surface area contributed by atoms with Crippen LogP contribution in [0.25, 0.3) is 0 Å². The van der Waals surface area contributed by atoms with E-state index in [1.165, 1.54) is 17.6 Å².